The minimum Gasteiger partial charge on any atom is -0.385 e. The Balaban J connectivity index is 2.33. The summed E-state index contributed by atoms with van der Waals surface area (Å²) in [5.74, 6) is 0.700. The number of nitrogens with two attached hydrogens (primary N) is 1. The lowest BCUT2D eigenvalue weighted by Gasteiger charge is -2.43. The number of rotatable bonds is 4. The van der Waals surface area contributed by atoms with Gasteiger partial charge in [0.2, 0.25) is 0 Å². The second-order valence-electron chi connectivity index (χ2n) is 6.08. The monoisotopic (exact) mass is 325 g/mol. The Bertz CT molecular complexity index is 429. The van der Waals surface area contributed by atoms with Gasteiger partial charge in [-0.25, -0.2) is 0 Å². The molecule has 2 rings (SSSR count). The van der Waals surface area contributed by atoms with Gasteiger partial charge in [-0.15, -0.1) is 0 Å². The Kier molecular flexibility index (Phi) is 4.38. The van der Waals surface area contributed by atoms with Gasteiger partial charge in [0.15, 0.2) is 0 Å². The first kappa shape index (κ1) is 15.0. The molecule has 0 radical (unpaired) electrons. The van der Waals surface area contributed by atoms with Crippen LogP contribution in [0.5, 0.6) is 0 Å². The van der Waals surface area contributed by atoms with Crippen LogP contribution in [-0.4, -0.2) is 11.7 Å². The summed E-state index contributed by atoms with van der Waals surface area (Å²) in [5, 5.41) is 11.1. The van der Waals surface area contributed by atoms with Gasteiger partial charge in [-0.05, 0) is 49.8 Å². The summed E-state index contributed by atoms with van der Waals surface area (Å²) in [5.41, 5.74) is 6.01. The molecule has 0 aliphatic heterocycles. The smallest absolute Gasteiger partial charge is 0.0936 e. The summed E-state index contributed by atoms with van der Waals surface area (Å²) in [6.45, 7) is 4.71. The largest absolute Gasteiger partial charge is 0.385 e. The van der Waals surface area contributed by atoms with Gasteiger partial charge in [0, 0.05) is 16.4 Å². The summed E-state index contributed by atoms with van der Waals surface area (Å²) in [7, 11) is 0. The first-order chi connectivity index (χ1) is 8.95. The topological polar surface area (TPSA) is 46.2 Å². The molecule has 1 aliphatic carbocycles. The molecule has 3 atom stereocenters. The Labute approximate surface area is 124 Å². The first-order valence-electron chi connectivity index (χ1n) is 7.13. The zero-order chi connectivity index (χ0) is 14.1. The molecule has 3 unspecified atom stereocenters. The van der Waals surface area contributed by atoms with E-state index in [0.717, 1.165) is 22.9 Å². The minimum absolute atomic E-state index is 0.179. The average molecular weight is 326 g/mol. The maximum atomic E-state index is 11.1. The van der Waals surface area contributed by atoms with Crippen molar-refractivity contribution >= 4 is 15.9 Å². The van der Waals surface area contributed by atoms with Gasteiger partial charge < -0.3 is 10.8 Å². The predicted molar refractivity (Wildman–Crippen MR) is 82.8 cm³/mol. The van der Waals surface area contributed by atoms with Gasteiger partial charge in [0.05, 0.1) is 5.60 Å². The van der Waals surface area contributed by atoms with Crippen LogP contribution in [-0.2, 0) is 5.60 Å². The quantitative estimate of drug-likeness (QED) is 0.884. The molecule has 1 aliphatic rings. The first-order valence-corrected chi connectivity index (χ1v) is 7.93. The SMILES string of the molecule is CCC1CCC(CN)(C(C)(O)c2ccc(Br)cc2)C1. The van der Waals surface area contributed by atoms with Crippen LogP contribution in [0, 0.1) is 11.3 Å². The zero-order valence-electron chi connectivity index (χ0n) is 11.8. The molecule has 0 bridgehead atoms. The second-order valence-corrected chi connectivity index (χ2v) is 7.00. The molecule has 2 nitrogen and oxygen atoms in total. The van der Waals surface area contributed by atoms with Crippen LogP contribution in [0.3, 0.4) is 0 Å². The van der Waals surface area contributed by atoms with Crippen molar-refractivity contribution in [1.82, 2.24) is 0 Å². The van der Waals surface area contributed by atoms with Crippen LogP contribution in [0.1, 0.15) is 45.1 Å². The van der Waals surface area contributed by atoms with Crippen molar-refractivity contribution in [3.8, 4) is 0 Å². The van der Waals surface area contributed by atoms with Gasteiger partial charge >= 0.3 is 0 Å². The molecule has 106 valence electrons. The molecule has 1 saturated carbocycles. The van der Waals surface area contributed by atoms with Gasteiger partial charge in [-0.3, -0.25) is 0 Å². The lowest BCUT2D eigenvalue weighted by Crippen LogP contribution is -2.47. The summed E-state index contributed by atoms with van der Waals surface area (Å²) in [6, 6.07) is 7.97. The second kappa shape index (κ2) is 5.55. The Morgan fingerprint density at radius 2 is 2.05 bits per heavy atom. The fourth-order valence-electron chi connectivity index (χ4n) is 3.49. The van der Waals surface area contributed by atoms with E-state index in [1.807, 2.05) is 31.2 Å². The highest BCUT2D eigenvalue weighted by molar-refractivity contribution is 9.10. The van der Waals surface area contributed by atoms with E-state index < -0.39 is 5.60 Å². The van der Waals surface area contributed by atoms with Crippen molar-refractivity contribution in [3.63, 3.8) is 0 Å². The molecule has 3 heteroatoms. The van der Waals surface area contributed by atoms with Crippen molar-refractivity contribution < 1.29 is 5.11 Å². The van der Waals surface area contributed by atoms with Crippen molar-refractivity contribution in [3.05, 3.63) is 34.3 Å². The van der Waals surface area contributed by atoms with E-state index in [4.69, 9.17) is 5.73 Å². The molecule has 0 heterocycles. The number of hydrogen-bond acceptors (Lipinski definition) is 2. The number of aliphatic hydroxyl groups is 1. The highest BCUT2D eigenvalue weighted by Crippen LogP contribution is 2.53. The van der Waals surface area contributed by atoms with Gasteiger partial charge in [-0.1, -0.05) is 41.4 Å². The molecular weight excluding hydrogens is 302 g/mol. The average Bonchev–Trinajstić information content (AvgIpc) is 2.84. The fourth-order valence-corrected chi connectivity index (χ4v) is 3.76. The standard InChI is InChI=1S/C16H24BrNO/c1-3-12-8-9-16(10-12,11-18)15(2,19)13-4-6-14(17)7-5-13/h4-7,12,19H,3,8-11,18H2,1-2H3. The third-order valence-electron chi connectivity index (χ3n) is 5.12. The number of halogens is 1. The molecule has 1 fully saturated rings. The molecular formula is C16H24BrNO. The molecule has 0 spiro atoms. The maximum absolute atomic E-state index is 11.1. The molecule has 0 saturated heterocycles. The van der Waals surface area contributed by atoms with Crippen molar-refractivity contribution in [2.24, 2.45) is 17.1 Å². The van der Waals surface area contributed by atoms with Crippen LogP contribution in [0.25, 0.3) is 0 Å². The maximum Gasteiger partial charge on any atom is 0.0936 e. The van der Waals surface area contributed by atoms with Crippen LogP contribution < -0.4 is 5.73 Å². The van der Waals surface area contributed by atoms with Crippen molar-refractivity contribution in [1.29, 1.82) is 0 Å². The van der Waals surface area contributed by atoms with E-state index in [1.54, 1.807) is 0 Å². The summed E-state index contributed by atoms with van der Waals surface area (Å²) in [6.07, 6.45) is 4.41. The van der Waals surface area contributed by atoms with E-state index in [0.29, 0.717) is 12.5 Å². The van der Waals surface area contributed by atoms with Gasteiger partial charge in [0.1, 0.15) is 0 Å². The molecule has 0 amide bonds. The fraction of sp³-hybridized carbons (Fsp3) is 0.625. The Hall–Kier alpha value is -0.380. The Morgan fingerprint density at radius 3 is 2.53 bits per heavy atom. The van der Waals surface area contributed by atoms with Crippen molar-refractivity contribution in [2.75, 3.05) is 6.54 Å². The van der Waals surface area contributed by atoms with E-state index >= 15 is 0 Å². The lowest BCUT2D eigenvalue weighted by molar-refractivity contribution is -0.0715. The summed E-state index contributed by atoms with van der Waals surface area (Å²) >= 11 is 3.44. The highest BCUT2D eigenvalue weighted by Gasteiger charge is 2.50. The number of benzene rings is 1. The minimum atomic E-state index is -0.855. The van der Waals surface area contributed by atoms with Crippen LogP contribution in [0.4, 0.5) is 0 Å². The number of hydrogen-bond donors (Lipinski definition) is 2. The summed E-state index contributed by atoms with van der Waals surface area (Å²) in [4.78, 5) is 0. The van der Waals surface area contributed by atoms with Crippen molar-refractivity contribution in [2.45, 2.75) is 45.1 Å². The summed E-state index contributed by atoms with van der Waals surface area (Å²) < 4.78 is 1.03. The molecule has 1 aromatic rings. The third-order valence-corrected chi connectivity index (χ3v) is 5.65. The van der Waals surface area contributed by atoms with E-state index in [-0.39, 0.29) is 5.41 Å². The lowest BCUT2D eigenvalue weighted by atomic mass is 9.67. The third kappa shape index (κ3) is 2.61. The van der Waals surface area contributed by atoms with E-state index in [9.17, 15) is 5.11 Å². The normalized spacial score (nSPS) is 30.3. The molecule has 0 aromatic heterocycles. The van der Waals surface area contributed by atoms with E-state index in [2.05, 4.69) is 22.9 Å². The highest BCUT2D eigenvalue weighted by atomic mass is 79.9. The molecule has 19 heavy (non-hydrogen) atoms. The van der Waals surface area contributed by atoms with E-state index in [1.165, 1.54) is 12.8 Å². The Morgan fingerprint density at radius 1 is 1.42 bits per heavy atom. The van der Waals surface area contributed by atoms with Crippen LogP contribution in [0.15, 0.2) is 28.7 Å². The van der Waals surface area contributed by atoms with Gasteiger partial charge in [-0.2, -0.15) is 0 Å². The molecule has 3 N–H and O–H groups in total. The molecule has 1 aromatic carbocycles. The van der Waals surface area contributed by atoms with Crippen LogP contribution >= 0.6 is 15.9 Å². The van der Waals surface area contributed by atoms with Gasteiger partial charge in [0.25, 0.3) is 0 Å². The predicted octanol–water partition coefficient (Wildman–Crippen LogP) is 3.81. The zero-order valence-corrected chi connectivity index (χ0v) is 13.4. The van der Waals surface area contributed by atoms with Crippen LogP contribution in [0.2, 0.25) is 0 Å².